The van der Waals surface area contributed by atoms with Gasteiger partial charge in [0, 0.05) is 22.8 Å². The predicted molar refractivity (Wildman–Crippen MR) is 92.4 cm³/mol. The molecule has 2 aromatic carbocycles. The highest BCUT2D eigenvalue weighted by Gasteiger charge is 2.08. The Labute approximate surface area is 130 Å². The lowest BCUT2D eigenvalue weighted by atomic mass is 9.98. The van der Waals surface area contributed by atoms with E-state index in [1.54, 1.807) is 6.07 Å². The molecule has 0 aliphatic rings. The van der Waals surface area contributed by atoms with Crippen LogP contribution < -0.4 is 0 Å². The predicted octanol–water partition coefficient (Wildman–Crippen LogP) is 5.14. The first-order chi connectivity index (χ1) is 10.5. The third-order valence-electron chi connectivity index (χ3n) is 3.90. The third-order valence-corrected chi connectivity index (χ3v) is 3.90. The molecule has 3 nitrogen and oxygen atoms in total. The average molecular weight is 292 g/mol. The lowest BCUT2D eigenvalue weighted by Gasteiger charge is -2.10. The van der Waals surface area contributed by atoms with Gasteiger partial charge < -0.3 is 10.1 Å². The van der Waals surface area contributed by atoms with Gasteiger partial charge in [-0.1, -0.05) is 13.8 Å². The van der Waals surface area contributed by atoms with Crippen LogP contribution in [-0.4, -0.2) is 15.8 Å². The van der Waals surface area contributed by atoms with E-state index in [0.717, 1.165) is 33.4 Å². The smallest absolute Gasteiger partial charge is 0.119 e. The SMILES string of the molecule is CC(=Nc1ccc2[nH]ccc2c1)c1ccc(O)c(C(C)C)c1. The summed E-state index contributed by atoms with van der Waals surface area (Å²) in [5.41, 5.74) is 4.98. The molecule has 2 N–H and O–H groups in total. The number of benzene rings is 2. The van der Waals surface area contributed by atoms with Crippen molar-refractivity contribution in [1.82, 2.24) is 4.98 Å². The van der Waals surface area contributed by atoms with Crippen LogP contribution in [0, 0.1) is 0 Å². The van der Waals surface area contributed by atoms with Gasteiger partial charge in [-0.3, -0.25) is 4.99 Å². The summed E-state index contributed by atoms with van der Waals surface area (Å²) in [5.74, 6) is 0.629. The van der Waals surface area contributed by atoms with Crippen LogP contribution in [0.3, 0.4) is 0 Å². The minimum Gasteiger partial charge on any atom is -0.508 e. The highest BCUT2D eigenvalue weighted by atomic mass is 16.3. The molecule has 3 rings (SSSR count). The van der Waals surface area contributed by atoms with Gasteiger partial charge in [0.1, 0.15) is 5.75 Å². The molecular formula is C19H20N2O. The van der Waals surface area contributed by atoms with Gasteiger partial charge in [0.25, 0.3) is 0 Å². The van der Waals surface area contributed by atoms with Crippen LogP contribution >= 0.6 is 0 Å². The number of phenols is 1. The fraction of sp³-hybridized carbons (Fsp3) is 0.211. The number of hydrogen-bond acceptors (Lipinski definition) is 2. The summed E-state index contributed by atoms with van der Waals surface area (Å²) < 4.78 is 0. The number of hydrogen-bond donors (Lipinski definition) is 2. The second kappa shape index (κ2) is 5.68. The van der Waals surface area contributed by atoms with Crippen LogP contribution in [-0.2, 0) is 0 Å². The molecular weight excluding hydrogens is 272 g/mol. The summed E-state index contributed by atoms with van der Waals surface area (Å²) in [6.07, 6.45) is 1.93. The Bertz CT molecular complexity index is 844. The molecule has 1 aromatic heterocycles. The molecule has 0 aliphatic carbocycles. The standard InChI is InChI=1S/C19H20N2O/c1-12(2)17-11-14(4-7-19(17)22)13(3)21-16-5-6-18-15(10-16)8-9-20-18/h4-12,20,22H,1-3H3. The Morgan fingerprint density at radius 3 is 2.68 bits per heavy atom. The number of nitrogens with zero attached hydrogens (tertiary/aromatic N) is 1. The maximum atomic E-state index is 9.93. The first kappa shape index (κ1) is 14.4. The van der Waals surface area contributed by atoms with Crippen molar-refractivity contribution in [3.8, 4) is 5.75 Å². The molecule has 0 spiro atoms. The molecule has 0 saturated heterocycles. The van der Waals surface area contributed by atoms with Crippen LogP contribution in [0.15, 0.2) is 53.7 Å². The van der Waals surface area contributed by atoms with Crippen molar-refractivity contribution >= 4 is 22.3 Å². The summed E-state index contributed by atoms with van der Waals surface area (Å²) in [7, 11) is 0. The monoisotopic (exact) mass is 292 g/mol. The maximum Gasteiger partial charge on any atom is 0.119 e. The Kier molecular flexibility index (Phi) is 3.72. The molecule has 22 heavy (non-hydrogen) atoms. The Balaban J connectivity index is 1.98. The molecule has 0 saturated carbocycles. The molecule has 0 radical (unpaired) electrons. The molecule has 1 heterocycles. The molecule has 0 atom stereocenters. The average Bonchev–Trinajstić information content (AvgIpc) is 2.94. The van der Waals surface area contributed by atoms with E-state index in [1.165, 1.54) is 0 Å². The Morgan fingerprint density at radius 1 is 1.09 bits per heavy atom. The zero-order chi connectivity index (χ0) is 15.7. The van der Waals surface area contributed by atoms with Crippen molar-refractivity contribution < 1.29 is 5.11 Å². The highest BCUT2D eigenvalue weighted by Crippen LogP contribution is 2.27. The first-order valence-electron chi connectivity index (χ1n) is 7.50. The fourth-order valence-electron chi connectivity index (χ4n) is 2.61. The number of phenolic OH excluding ortho intramolecular Hbond substituents is 1. The molecule has 0 unspecified atom stereocenters. The van der Waals surface area contributed by atoms with E-state index >= 15 is 0 Å². The van der Waals surface area contributed by atoms with Gasteiger partial charge in [-0.15, -0.1) is 0 Å². The van der Waals surface area contributed by atoms with E-state index in [9.17, 15) is 5.11 Å². The van der Waals surface area contributed by atoms with Gasteiger partial charge in [0.05, 0.1) is 5.69 Å². The number of aromatic hydroxyl groups is 1. The molecule has 0 amide bonds. The number of aromatic amines is 1. The summed E-state index contributed by atoms with van der Waals surface area (Å²) in [4.78, 5) is 7.89. The van der Waals surface area contributed by atoms with Gasteiger partial charge in [-0.05, 0) is 66.4 Å². The lowest BCUT2D eigenvalue weighted by molar-refractivity contribution is 0.465. The zero-order valence-electron chi connectivity index (χ0n) is 13.1. The summed E-state index contributed by atoms with van der Waals surface area (Å²) in [6.45, 7) is 6.15. The minimum atomic E-state index is 0.281. The van der Waals surface area contributed by atoms with E-state index in [-0.39, 0.29) is 5.92 Å². The topological polar surface area (TPSA) is 48.4 Å². The number of H-pyrrole nitrogens is 1. The fourth-order valence-corrected chi connectivity index (χ4v) is 2.61. The number of rotatable bonds is 3. The largest absolute Gasteiger partial charge is 0.508 e. The van der Waals surface area contributed by atoms with Crippen molar-refractivity contribution in [3.63, 3.8) is 0 Å². The summed E-state index contributed by atoms with van der Waals surface area (Å²) in [5, 5.41) is 11.1. The van der Waals surface area contributed by atoms with E-state index in [2.05, 4.69) is 24.9 Å². The lowest BCUT2D eigenvalue weighted by Crippen LogP contribution is -1.97. The normalized spacial score (nSPS) is 12.3. The van der Waals surface area contributed by atoms with Gasteiger partial charge in [0.2, 0.25) is 0 Å². The van der Waals surface area contributed by atoms with Crippen LogP contribution in [0.25, 0.3) is 10.9 Å². The van der Waals surface area contributed by atoms with Crippen molar-refractivity contribution in [2.75, 3.05) is 0 Å². The van der Waals surface area contributed by atoms with Crippen LogP contribution in [0.4, 0.5) is 5.69 Å². The molecule has 0 bridgehead atoms. The van der Waals surface area contributed by atoms with E-state index < -0.39 is 0 Å². The Hall–Kier alpha value is -2.55. The molecule has 3 heteroatoms. The van der Waals surface area contributed by atoms with Gasteiger partial charge in [-0.25, -0.2) is 0 Å². The highest BCUT2D eigenvalue weighted by molar-refractivity contribution is 6.01. The molecule has 3 aromatic rings. The van der Waals surface area contributed by atoms with E-state index in [1.807, 2.05) is 43.5 Å². The number of fused-ring (bicyclic) bond motifs is 1. The van der Waals surface area contributed by atoms with E-state index in [4.69, 9.17) is 4.99 Å². The summed E-state index contributed by atoms with van der Waals surface area (Å²) >= 11 is 0. The van der Waals surface area contributed by atoms with E-state index in [0.29, 0.717) is 5.75 Å². The maximum absolute atomic E-state index is 9.93. The number of nitrogens with one attached hydrogen (secondary N) is 1. The first-order valence-corrected chi connectivity index (χ1v) is 7.50. The number of aliphatic imine (C=N–C) groups is 1. The van der Waals surface area contributed by atoms with Gasteiger partial charge in [0.15, 0.2) is 0 Å². The van der Waals surface area contributed by atoms with Crippen LogP contribution in [0.5, 0.6) is 5.75 Å². The number of aromatic nitrogens is 1. The van der Waals surface area contributed by atoms with Gasteiger partial charge >= 0.3 is 0 Å². The summed E-state index contributed by atoms with van der Waals surface area (Å²) in [6, 6.07) is 13.8. The zero-order valence-corrected chi connectivity index (χ0v) is 13.1. The second-order valence-corrected chi connectivity index (χ2v) is 5.87. The van der Waals surface area contributed by atoms with Crippen molar-refractivity contribution in [2.45, 2.75) is 26.7 Å². The van der Waals surface area contributed by atoms with Crippen LogP contribution in [0.1, 0.15) is 37.8 Å². The Morgan fingerprint density at radius 2 is 1.91 bits per heavy atom. The van der Waals surface area contributed by atoms with Crippen molar-refractivity contribution in [3.05, 3.63) is 59.8 Å². The second-order valence-electron chi connectivity index (χ2n) is 5.87. The third kappa shape index (κ3) is 2.75. The molecule has 112 valence electrons. The van der Waals surface area contributed by atoms with Crippen molar-refractivity contribution in [2.24, 2.45) is 4.99 Å². The van der Waals surface area contributed by atoms with Crippen molar-refractivity contribution in [1.29, 1.82) is 0 Å². The molecule has 0 aliphatic heterocycles. The minimum absolute atomic E-state index is 0.281. The quantitative estimate of drug-likeness (QED) is 0.645. The van der Waals surface area contributed by atoms with Gasteiger partial charge in [-0.2, -0.15) is 0 Å². The molecule has 0 fully saturated rings. The van der Waals surface area contributed by atoms with Crippen LogP contribution in [0.2, 0.25) is 0 Å².